The van der Waals surface area contributed by atoms with Crippen molar-refractivity contribution < 1.29 is 14.0 Å². The van der Waals surface area contributed by atoms with Crippen molar-refractivity contribution in [3.05, 3.63) is 59.4 Å². The normalized spacial score (nSPS) is 21.1. The van der Waals surface area contributed by atoms with Gasteiger partial charge in [-0.05, 0) is 61.7 Å². The van der Waals surface area contributed by atoms with Gasteiger partial charge < -0.3 is 19.6 Å². The van der Waals surface area contributed by atoms with Crippen LogP contribution in [-0.2, 0) is 0 Å². The number of rotatable bonds is 2. The molecule has 31 heavy (non-hydrogen) atoms. The molecule has 3 heterocycles. The van der Waals surface area contributed by atoms with Crippen LogP contribution >= 0.6 is 0 Å². The summed E-state index contributed by atoms with van der Waals surface area (Å²) >= 11 is 0. The number of anilines is 2. The third-order valence-corrected chi connectivity index (χ3v) is 6.79. The Morgan fingerprint density at radius 3 is 2.45 bits per heavy atom. The van der Waals surface area contributed by atoms with Crippen LogP contribution in [0.25, 0.3) is 0 Å². The topological polar surface area (TPSA) is 47.1 Å². The number of piperazine rings is 1. The van der Waals surface area contributed by atoms with E-state index in [0.717, 1.165) is 37.2 Å². The molecule has 2 amide bonds. The van der Waals surface area contributed by atoms with Crippen LogP contribution in [-0.4, -0.2) is 67.6 Å². The zero-order valence-electron chi connectivity index (χ0n) is 17.8. The van der Waals surface area contributed by atoms with Gasteiger partial charge in [-0.1, -0.05) is 0 Å². The second-order valence-electron chi connectivity index (χ2n) is 8.57. The molecule has 0 spiro atoms. The van der Waals surface area contributed by atoms with Gasteiger partial charge in [0.2, 0.25) is 0 Å². The predicted octanol–water partition coefficient (Wildman–Crippen LogP) is 3.19. The number of carbonyl (C=O) groups is 2. The first kappa shape index (κ1) is 19.8. The molecule has 3 aliphatic heterocycles. The molecule has 2 aromatic carbocycles. The first-order valence-corrected chi connectivity index (χ1v) is 11.0. The van der Waals surface area contributed by atoms with E-state index in [1.54, 1.807) is 24.3 Å². The maximum Gasteiger partial charge on any atom is 0.257 e. The standard InChI is InChI=1S/C24H27FN4O2/c1-26-21-16-17(5-10-20(21)24(31)29-11-3-2-4-22(26)29)23(30)28-14-12-27(13-15-28)19-8-6-18(25)7-9-19/h5-10,16,22H,2-4,11-15H2,1H3/t22-/m0/s1. The van der Waals surface area contributed by atoms with Crippen molar-refractivity contribution in [2.24, 2.45) is 0 Å². The smallest absolute Gasteiger partial charge is 0.257 e. The Morgan fingerprint density at radius 2 is 1.71 bits per heavy atom. The van der Waals surface area contributed by atoms with E-state index in [1.165, 1.54) is 12.1 Å². The van der Waals surface area contributed by atoms with E-state index in [1.807, 2.05) is 22.9 Å². The predicted molar refractivity (Wildman–Crippen MR) is 118 cm³/mol. The maximum atomic E-state index is 13.2. The highest BCUT2D eigenvalue weighted by Gasteiger charge is 2.37. The molecular weight excluding hydrogens is 395 g/mol. The highest BCUT2D eigenvalue weighted by Crippen LogP contribution is 2.35. The number of nitrogens with zero attached hydrogens (tertiary/aromatic N) is 4. The zero-order valence-corrected chi connectivity index (χ0v) is 17.8. The van der Waals surface area contributed by atoms with E-state index in [4.69, 9.17) is 0 Å². The van der Waals surface area contributed by atoms with Gasteiger partial charge in [-0.25, -0.2) is 4.39 Å². The number of hydrogen-bond acceptors (Lipinski definition) is 4. The summed E-state index contributed by atoms with van der Waals surface area (Å²) in [6.45, 7) is 3.43. The number of fused-ring (bicyclic) bond motifs is 2. The summed E-state index contributed by atoms with van der Waals surface area (Å²) < 4.78 is 13.2. The van der Waals surface area contributed by atoms with E-state index in [-0.39, 0.29) is 23.8 Å². The molecule has 1 atom stereocenters. The van der Waals surface area contributed by atoms with Crippen LogP contribution in [0.3, 0.4) is 0 Å². The summed E-state index contributed by atoms with van der Waals surface area (Å²) in [5.41, 5.74) is 3.12. The van der Waals surface area contributed by atoms with Crippen LogP contribution in [0.2, 0.25) is 0 Å². The Hall–Kier alpha value is -3.09. The lowest BCUT2D eigenvalue weighted by Crippen LogP contribution is -2.56. The van der Waals surface area contributed by atoms with Gasteiger partial charge in [-0.2, -0.15) is 0 Å². The highest BCUT2D eigenvalue weighted by molar-refractivity contribution is 6.04. The summed E-state index contributed by atoms with van der Waals surface area (Å²) in [6.07, 6.45) is 3.21. The third-order valence-electron chi connectivity index (χ3n) is 6.79. The molecule has 0 N–H and O–H groups in total. The lowest BCUT2D eigenvalue weighted by atomic mass is 9.97. The molecule has 0 bridgehead atoms. The van der Waals surface area contributed by atoms with Crippen molar-refractivity contribution in [1.29, 1.82) is 0 Å². The first-order valence-electron chi connectivity index (χ1n) is 11.0. The van der Waals surface area contributed by atoms with Gasteiger partial charge in [0.25, 0.3) is 11.8 Å². The highest BCUT2D eigenvalue weighted by atomic mass is 19.1. The Morgan fingerprint density at radius 1 is 0.968 bits per heavy atom. The van der Waals surface area contributed by atoms with E-state index in [2.05, 4.69) is 9.80 Å². The van der Waals surface area contributed by atoms with Crippen molar-refractivity contribution >= 4 is 23.2 Å². The largest absolute Gasteiger partial charge is 0.368 e. The molecule has 3 aliphatic rings. The van der Waals surface area contributed by atoms with Crippen molar-refractivity contribution in [3.63, 3.8) is 0 Å². The summed E-state index contributed by atoms with van der Waals surface area (Å²) in [6, 6.07) is 11.9. The maximum absolute atomic E-state index is 13.2. The minimum atomic E-state index is -0.246. The van der Waals surface area contributed by atoms with Crippen LogP contribution in [0.1, 0.15) is 40.0 Å². The SMILES string of the molecule is CN1c2cc(C(=O)N3CCN(c4ccc(F)cc4)CC3)ccc2C(=O)N2CCCC[C@H]21. The molecule has 162 valence electrons. The van der Waals surface area contributed by atoms with Gasteiger partial charge in [0, 0.05) is 51.0 Å². The number of carbonyl (C=O) groups excluding carboxylic acids is 2. The quantitative estimate of drug-likeness (QED) is 0.746. The summed E-state index contributed by atoms with van der Waals surface area (Å²) in [5.74, 6) is -0.178. The fraction of sp³-hybridized carbons (Fsp3) is 0.417. The molecule has 0 aliphatic carbocycles. The lowest BCUT2D eigenvalue weighted by Gasteiger charge is -2.46. The summed E-state index contributed by atoms with van der Waals surface area (Å²) in [4.78, 5) is 34.3. The van der Waals surface area contributed by atoms with E-state index >= 15 is 0 Å². The Bertz CT molecular complexity index is 1000. The average molecular weight is 423 g/mol. The minimum Gasteiger partial charge on any atom is -0.368 e. The molecule has 0 saturated carbocycles. The molecule has 7 heteroatoms. The van der Waals surface area contributed by atoms with Gasteiger partial charge in [-0.15, -0.1) is 0 Å². The van der Waals surface area contributed by atoms with Crippen LogP contribution in [0.4, 0.5) is 15.8 Å². The second kappa shape index (κ2) is 7.87. The molecule has 0 radical (unpaired) electrons. The first-order chi connectivity index (χ1) is 15.0. The van der Waals surface area contributed by atoms with Gasteiger partial charge in [-0.3, -0.25) is 9.59 Å². The number of hydrogen-bond donors (Lipinski definition) is 0. The fourth-order valence-corrected chi connectivity index (χ4v) is 5.01. The second-order valence-corrected chi connectivity index (χ2v) is 8.57. The Balaban J connectivity index is 1.31. The Labute approximate surface area is 181 Å². The van der Waals surface area contributed by atoms with Crippen molar-refractivity contribution in [3.8, 4) is 0 Å². The van der Waals surface area contributed by atoms with Gasteiger partial charge in [0.05, 0.1) is 11.3 Å². The van der Waals surface area contributed by atoms with Crippen LogP contribution in [0.15, 0.2) is 42.5 Å². The van der Waals surface area contributed by atoms with Crippen LogP contribution in [0, 0.1) is 5.82 Å². The monoisotopic (exact) mass is 422 g/mol. The Kier molecular flexibility index (Phi) is 5.04. The van der Waals surface area contributed by atoms with Gasteiger partial charge >= 0.3 is 0 Å². The molecule has 6 nitrogen and oxygen atoms in total. The van der Waals surface area contributed by atoms with Gasteiger partial charge in [0.1, 0.15) is 12.0 Å². The summed E-state index contributed by atoms with van der Waals surface area (Å²) in [7, 11) is 2.02. The van der Waals surface area contributed by atoms with Gasteiger partial charge in [0.15, 0.2) is 0 Å². The third kappa shape index (κ3) is 3.52. The fourth-order valence-electron chi connectivity index (χ4n) is 5.01. The zero-order chi connectivity index (χ0) is 21.5. The number of benzene rings is 2. The molecule has 2 saturated heterocycles. The number of halogens is 1. The van der Waals surface area contributed by atoms with E-state index in [0.29, 0.717) is 37.3 Å². The molecular formula is C24H27FN4O2. The average Bonchev–Trinajstić information content (AvgIpc) is 2.82. The number of amides is 2. The minimum absolute atomic E-state index is 0.00604. The summed E-state index contributed by atoms with van der Waals surface area (Å²) in [5, 5.41) is 0. The van der Waals surface area contributed by atoms with Crippen LogP contribution < -0.4 is 9.80 Å². The molecule has 0 unspecified atom stereocenters. The van der Waals surface area contributed by atoms with E-state index in [9.17, 15) is 14.0 Å². The van der Waals surface area contributed by atoms with E-state index < -0.39 is 0 Å². The number of piperidine rings is 1. The van der Waals surface area contributed by atoms with Crippen molar-refractivity contribution in [2.45, 2.75) is 25.4 Å². The van der Waals surface area contributed by atoms with Crippen LogP contribution in [0.5, 0.6) is 0 Å². The lowest BCUT2D eigenvalue weighted by molar-refractivity contribution is 0.0588. The molecule has 2 aromatic rings. The van der Waals surface area contributed by atoms with Crippen molar-refractivity contribution in [1.82, 2.24) is 9.80 Å². The molecule has 0 aromatic heterocycles. The van der Waals surface area contributed by atoms with Crippen molar-refractivity contribution in [2.75, 3.05) is 49.6 Å². The molecule has 5 rings (SSSR count). The molecule has 2 fully saturated rings.